The lowest BCUT2D eigenvalue weighted by Crippen LogP contribution is -2.49. The summed E-state index contributed by atoms with van der Waals surface area (Å²) in [4.78, 5) is 2.57. The lowest BCUT2D eigenvalue weighted by molar-refractivity contribution is -0.0470. The van der Waals surface area contributed by atoms with Gasteiger partial charge in [0.15, 0.2) is 0 Å². The van der Waals surface area contributed by atoms with Crippen molar-refractivity contribution in [3.63, 3.8) is 0 Å². The van der Waals surface area contributed by atoms with Gasteiger partial charge in [0.25, 0.3) is 0 Å². The summed E-state index contributed by atoms with van der Waals surface area (Å²) in [6, 6.07) is 4.77. The number of fused-ring (bicyclic) bond motifs is 1. The molecule has 4 heteroatoms. The summed E-state index contributed by atoms with van der Waals surface area (Å²) in [7, 11) is 0. The number of nitrogens with zero attached hydrogens (tertiary/aromatic N) is 1. The Hall–Kier alpha value is -1.10. The summed E-state index contributed by atoms with van der Waals surface area (Å²) in [6.07, 6.45) is 2.92. The number of morpholine rings is 1. The molecule has 0 aromatic heterocycles. The molecule has 2 N–H and O–H groups in total. The van der Waals surface area contributed by atoms with E-state index >= 15 is 0 Å². The molecule has 2 heterocycles. The van der Waals surface area contributed by atoms with Gasteiger partial charge in [0.05, 0.1) is 12.7 Å². The molecular formula is C17H26N2O2. The molecule has 116 valence electrons. The van der Waals surface area contributed by atoms with Crippen LogP contribution in [0, 0.1) is 13.8 Å². The first-order valence-electron chi connectivity index (χ1n) is 7.99. The van der Waals surface area contributed by atoms with E-state index < -0.39 is 0 Å². The van der Waals surface area contributed by atoms with Crippen LogP contribution in [0.25, 0.3) is 0 Å². The van der Waals surface area contributed by atoms with E-state index in [-0.39, 0.29) is 0 Å². The molecular weight excluding hydrogens is 264 g/mol. The fourth-order valence-electron chi connectivity index (χ4n) is 3.53. The number of hydrogen-bond acceptors (Lipinski definition) is 4. The molecule has 2 saturated heterocycles. The molecule has 4 nitrogen and oxygen atoms in total. The van der Waals surface area contributed by atoms with Gasteiger partial charge in [-0.15, -0.1) is 0 Å². The summed E-state index contributed by atoms with van der Waals surface area (Å²) in [5, 5.41) is 13.3. The van der Waals surface area contributed by atoms with E-state index in [0.29, 0.717) is 17.9 Å². The number of benzene rings is 1. The molecule has 0 bridgehead atoms. The first-order chi connectivity index (χ1) is 10.1. The molecule has 0 saturated carbocycles. The van der Waals surface area contributed by atoms with Gasteiger partial charge < -0.3 is 15.2 Å². The van der Waals surface area contributed by atoms with E-state index in [4.69, 9.17) is 4.74 Å². The monoisotopic (exact) mass is 290 g/mol. The maximum absolute atomic E-state index is 9.80. The van der Waals surface area contributed by atoms with Gasteiger partial charge >= 0.3 is 0 Å². The van der Waals surface area contributed by atoms with Crippen LogP contribution in [0.4, 0.5) is 0 Å². The van der Waals surface area contributed by atoms with Gasteiger partial charge in [0.1, 0.15) is 5.75 Å². The molecule has 1 aromatic rings. The summed E-state index contributed by atoms with van der Waals surface area (Å²) in [6.45, 7) is 8.80. The third-order valence-electron chi connectivity index (χ3n) is 4.71. The first kappa shape index (κ1) is 14.8. The van der Waals surface area contributed by atoms with Crippen LogP contribution in [0.5, 0.6) is 5.75 Å². The van der Waals surface area contributed by atoms with Gasteiger partial charge in [-0.2, -0.15) is 0 Å². The molecule has 0 radical (unpaired) electrons. The van der Waals surface area contributed by atoms with Crippen LogP contribution >= 0.6 is 0 Å². The highest BCUT2D eigenvalue weighted by Gasteiger charge is 2.31. The van der Waals surface area contributed by atoms with Crippen LogP contribution in [0.2, 0.25) is 0 Å². The molecule has 2 unspecified atom stereocenters. The number of ether oxygens (including phenoxy) is 1. The van der Waals surface area contributed by atoms with Gasteiger partial charge in [0.2, 0.25) is 0 Å². The lowest BCUT2D eigenvalue weighted by atomic mass is 10.1. The molecule has 2 fully saturated rings. The number of aromatic hydroxyl groups is 1. The molecule has 2 aliphatic heterocycles. The van der Waals surface area contributed by atoms with Crippen molar-refractivity contribution in [1.29, 1.82) is 0 Å². The third kappa shape index (κ3) is 3.39. The SMILES string of the molecule is Cc1cc(CNCC2CN3CCCC3CO2)cc(C)c1O. The predicted molar refractivity (Wildman–Crippen MR) is 83.6 cm³/mol. The van der Waals surface area contributed by atoms with Gasteiger partial charge in [-0.1, -0.05) is 12.1 Å². The summed E-state index contributed by atoms with van der Waals surface area (Å²) >= 11 is 0. The fourth-order valence-corrected chi connectivity index (χ4v) is 3.53. The van der Waals surface area contributed by atoms with E-state index in [9.17, 15) is 5.11 Å². The van der Waals surface area contributed by atoms with Crippen molar-refractivity contribution in [3.8, 4) is 5.75 Å². The largest absolute Gasteiger partial charge is 0.507 e. The second-order valence-electron chi connectivity index (χ2n) is 6.46. The molecule has 0 aliphatic carbocycles. The molecule has 0 amide bonds. The maximum atomic E-state index is 9.80. The number of aryl methyl sites for hydroxylation is 2. The standard InChI is InChI=1S/C17H26N2O2/c1-12-6-14(7-13(2)17(12)20)8-18-9-16-10-19-5-3-4-15(19)11-21-16/h6-7,15-16,18,20H,3-5,8-11H2,1-2H3. The normalized spacial score (nSPS) is 26.0. The molecule has 2 atom stereocenters. The van der Waals surface area contributed by atoms with Gasteiger partial charge in [-0.05, 0) is 49.9 Å². The Balaban J connectivity index is 1.48. The summed E-state index contributed by atoms with van der Waals surface area (Å²) in [5.41, 5.74) is 3.11. The van der Waals surface area contributed by atoms with Crippen LogP contribution in [0.1, 0.15) is 29.5 Å². The zero-order valence-corrected chi connectivity index (χ0v) is 13.1. The average molecular weight is 290 g/mol. The van der Waals surface area contributed by atoms with Crippen molar-refractivity contribution >= 4 is 0 Å². The Morgan fingerprint density at radius 2 is 2.10 bits per heavy atom. The van der Waals surface area contributed by atoms with Crippen molar-refractivity contribution in [2.75, 3.05) is 26.2 Å². The van der Waals surface area contributed by atoms with Crippen molar-refractivity contribution < 1.29 is 9.84 Å². The zero-order chi connectivity index (χ0) is 14.8. The minimum Gasteiger partial charge on any atom is -0.507 e. The smallest absolute Gasteiger partial charge is 0.121 e. The summed E-state index contributed by atoms with van der Waals surface area (Å²) in [5.74, 6) is 0.412. The molecule has 1 aromatic carbocycles. The van der Waals surface area contributed by atoms with Crippen LogP contribution in [0.3, 0.4) is 0 Å². The first-order valence-corrected chi connectivity index (χ1v) is 7.99. The van der Waals surface area contributed by atoms with Crippen LogP contribution < -0.4 is 5.32 Å². The lowest BCUT2D eigenvalue weighted by Gasteiger charge is -2.35. The second kappa shape index (κ2) is 6.34. The van der Waals surface area contributed by atoms with Crippen molar-refractivity contribution in [2.24, 2.45) is 0 Å². The minimum absolute atomic E-state index is 0.304. The Bertz CT molecular complexity index is 481. The zero-order valence-electron chi connectivity index (χ0n) is 13.1. The van der Waals surface area contributed by atoms with Crippen molar-refractivity contribution in [1.82, 2.24) is 10.2 Å². The number of phenolic OH excluding ortho intramolecular Hbond substituents is 1. The minimum atomic E-state index is 0.304. The van der Waals surface area contributed by atoms with E-state index in [2.05, 4.69) is 10.2 Å². The second-order valence-corrected chi connectivity index (χ2v) is 6.46. The van der Waals surface area contributed by atoms with Crippen LogP contribution in [0.15, 0.2) is 12.1 Å². The van der Waals surface area contributed by atoms with Gasteiger partial charge in [0, 0.05) is 25.7 Å². The fraction of sp³-hybridized carbons (Fsp3) is 0.647. The van der Waals surface area contributed by atoms with E-state index in [1.807, 2.05) is 26.0 Å². The molecule has 3 rings (SSSR count). The third-order valence-corrected chi connectivity index (χ3v) is 4.71. The topological polar surface area (TPSA) is 44.7 Å². The maximum Gasteiger partial charge on any atom is 0.121 e. The number of nitrogens with one attached hydrogen (secondary N) is 1. The number of rotatable bonds is 4. The van der Waals surface area contributed by atoms with Crippen LogP contribution in [-0.2, 0) is 11.3 Å². The molecule has 21 heavy (non-hydrogen) atoms. The Morgan fingerprint density at radius 3 is 2.86 bits per heavy atom. The molecule has 0 spiro atoms. The van der Waals surface area contributed by atoms with E-state index in [1.165, 1.54) is 24.9 Å². The Kier molecular flexibility index (Phi) is 4.48. The van der Waals surface area contributed by atoms with E-state index in [0.717, 1.165) is 37.4 Å². The number of phenols is 1. The number of hydrogen-bond donors (Lipinski definition) is 2. The quantitative estimate of drug-likeness (QED) is 0.890. The summed E-state index contributed by atoms with van der Waals surface area (Å²) < 4.78 is 5.95. The Labute approximate surface area is 127 Å². The highest BCUT2D eigenvalue weighted by molar-refractivity contribution is 5.42. The highest BCUT2D eigenvalue weighted by Crippen LogP contribution is 2.23. The van der Waals surface area contributed by atoms with Gasteiger partial charge in [-0.25, -0.2) is 0 Å². The Morgan fingerprint density at radius 1 is 1.33 bits per heavy atom. The van der Waals surface area contributed by atoms with Crippen molar-refractivity contribution in [2.45, 2.75) is 45.4 Å². The molecule has 2 aliphatic rings. The highest BCUT2D eigenvalue weighted by atomic mass is 16.5. The van der Waals surface area contributed by atoms with E-state index in [1.54, 1.807) is 0 Å². The van der Waals surface area contributed by atoms with Gasteiger partial charge in [-0.3, -0.25) is 4.90 Å². The van der Waals surface area contributed by atoms with Crippen LogP contribution in [-0.4, -0.2) is 48.4 Å². The predicted octanol–water partition coefficient (Wildman–Crippen LogP) is 1.96. The van der Waals surface area contributed by atoms with Crippen molar-refractivity contribution in [3.05, 3.63) is 28.8 Å². The average Bonchev–Trinajstić information content (AvgIpc) is 2.92.